The van der Waals surface area contributed by atoms with Crippen molar-refractivity contribution in [2.24, 2.45) is 0 Å². The zero-order valence-corrected chi connectivity index (χ0v) is 21.8. The fourth-order valence-electron chi connectivity index (χ4n) is 7.75. The molecule has 1 fully saturated rings. The second-order valence-electron chi connectivity index (χ2n) is 11.9. The molecule has 7 nitrogen and oxygen atoms in total. The minimum atomic E-state index is -0.757. The number of hydrogen-bond donors (Lipinski definition) is 1. The lowest BCUT2D eigenvalue weighted by molar-refractivity contribution is -0.904. The maximum Gasteiger partial charge on any atom is 0.252 e. The smallest absolute Gasteiger partial charge is 0.252 e. The van der Waals surface area contributed by atoms with Crippen molar-refractivity contribution < 1.29 is 18.8 Å². The highest BCUT2D eigenvalue weighted by Crippen LogP contribution is 2.54. The number of likely N-dealkylation sites (N-methyl/N-ethyl adjacent to an activating group) is 1. The Kier molecular flexibility index (Phi) is 3.94. The summed E-state index contributed by atoms with van der Waals surface area (Å²) in [7, 11) is 8.55. The maximum atomic E-state index is 13.4. The lowest BCUT2D eigenvalue weighted by atomic mass is 9.91. The van der Waals surface area contributed by atoms with E-state index in [2.05, 4.69) is 91.0 Å². The van der Waals surface area contributed by atoms with Crippen LogP contribution < -0.4 is 5.32 Å². The van der Waals surface area contributed by atoms with Crippen LogP contribution in [0.15, 0.2) is 48.5 Å². The predicted molar refractivity (Wildman–Crippen MR) is 145 cm³/mol. The Balaban J connectivity index is 1.69. The molecule has 0 aliphatic carbocycles. The van der Waals surface area contributed by atoms with Gasteiger partial charge in [0.05, 0.1) is 48.8 Å². The lowest BCUT2D eigenvalue weighted by Gasteiger charge is -2.51. The predicted octanol–water partition coefficient (Wildman–Crippen LogP) is 4.84. The van der Waals surface area contributed by atoms with Crippen molar-refractivity contribution in [3.63, 3.8) is 0 Å². The molecule has 5 heterocycles. The zero-order chi connectivity index (χ0) is 25.4. The number of aromatic nitrogens is 2. The van der Waals surface area contributed by atoms with E-state index in [1.807, 2.05) is 7.11 Å². The van der Waals surface area contributed by atoms with Gasteiger partial charge in [0.1, 0.15) is 12.3 Å². The van der Waals surface area contributed by atoms with Gasteiger partial charge in [-0.1, -0.05) is 36.4 Å². The standard InChI is InChI=1S/C30H30N4O3/c1-30-28(36-5)21(34(2,3)4)14-22(37-30)32-19-12-8-6-10-16(19)24-25-18(15-31-29(25)35)23-17-11-7-9-13-20(17)33(30)27(23)26(24)32/h6-13,21-22,28H,14-15H2,1-5H3/p+1/t21-,22-,28-,30+/m0/s1. The molecule has 1 amide bonds. The largest absolute Gasteiger partial charge is 0.370 e. The van der Waals surface area contributed by atoms with Crippen molar-refractivity contribution in [2.45, 2.75) is 44.0 Å². The van der Waals surface area contributed by atoms with E-state index in [1.165, 1.54) is 0 Å². The molecular weight excluding hydrogens is 464 g/mol. The fraction of sp³-hybridized carbons (Fsp3) is 0.367. The first-order valence-electron chi connectivity index (χ1n) is 13.1. The molecule has 3 aromatic carbocycles. The number of fused-ring (bicyclic) bond motifs is 13. The molecule has 4 atom stereocenters. The van der Waals surface area contributed by atoms with Gasteiger partial charge in [0.2, 0.25) is 0 Å². The molecule has 1 N–H and O–H groups in total. The summed E-state index contributed by atoms with van der Waals surface area (Å²) in [6.45, 7) is 2.73. The second-order valence-corrected chi connectivity index (χ2v) is 11.9. The van der Waals surface area contributed by atoms with Crippen molar-refractivity contribution in [2.75, 3.05) is 28.3 Å². The molecule has 0 unspecified atom stereocenters. The summed E-state index contributed by atoms with van der Waals surface area (Å²) in [5.41, 5.74) is 5.58. The van der Waals surface area contributed by atoms with Crippen LogP contribution in [0.1, 0.15) is 35.5 Å². The monoisotopic (exact) mass is 495 g/mol. The Morgan fingerprint density at radius 1 is 1.00 bits per heavy atom. The summed E-state index contributed by atoms with van der Waals surface area (Å²) in [6.07, 6.45) is 0.422. The third-order valence-electron chi connectivity index (χ3n) is 9.19. The van der Waals surface area contributed by atoms with Crippen molar-refractivity contribution >= 4 is 49.5 Å². The van der Waals surface area contributed by atoms with Crippen molar-refractivity contribution in [3.05, 3.63) is 59.7 Å². The Morgan fingerprint density at radius 3 is 2.38 bits per heavy atom. The minimum Gasteiger partial charge on any atom is -0.370 e. The third-order valence-corrected chi connectivity index (χ3v) is 9.19. The van der Waals surface area contributed by atoms with Crippen LogP contribution in [0.4, 0.5) is 0 Å². The Bertz CT molecular complexity index is 1820. The SMILES string of the molecule is CO[C@H]1[C@@H]([N+](C)(C)C)C[C@@H]2O[C@@]1(C)n1c3ccccc3c3c4c(c5c6ccccc6n2c5c31)C(=O)NC4. The normalized spacial score (nSPS) is 26.9. The van der Waals surface area contributed by atoms with Gasteiger partial charge in [-0.25, -0.2) is 0 Å². The number of nitrogens with zero attached hydrogens (tertiary/aromatic N) is 3. The van der Waals surface area contributed by atoms with Gasteiger partial charge in [-0.2, -0.15) is 0 Å². The average Bonchev–Trinajstić information content (AvgIpc) is 3.50. The van der Waals surface area contributed by atoms with Crippen molar-refractivity contribution in [3.8, 4) is 0 Å². The number of carbonyl (C=O) groups excluding carboxylic acids is 1. The van der Waals surface area contributed by atoms with E-state index in [4.69, 9.17) is 9.47 Å². The van der Waals surface area contributed by atoms with Gasteiger partial charge >= 0.3 is 0 Å². The molecule has 188 valence electrons. The summed E-state index contributed by atoms with van der Waals surface area (Å²) in [5.74, 6) is 0.00925. The van der Waals surface area contributed by atoms with Crippen LogP contribution in [0.5, 0.6) is 0 Å². The zero-order valence-electron chi connectivity index (χ0n) is 21.8. The number of para-hydroxylation sites is 2. The number of rotatable bonds is 2. The Morgan fingerprint density at radius 2 is 1.68 bits per heavy atom. The third kappa shape index (κ3) is 2.41. The van der Waals surface area contributed by atoms with E-state index in [9.17, 15) is 4.79 Å². The van der Waals surface area contributed by atoms with Gasteiger partial charge in [0, 0.05) is 41.6 Å². The Labute approximate surface area is 214 Å². The van der Waals surface area contributed by atoms with E-state index >= 15 is 0 Å². The number of ether oxygens (including phenoxy) is 2. The van der Waals surface area contributed by atoms with Crippen LogP contribution in [0.2, 0.25) is 0 Å². The highest BCUT2D eigenvalue weighted by molar-refractivity contribution is 6.31. The molecule has 5 aromatic rings. The van der Waals surface area contributed by atoms with Gasteiger partial charge in [0.15, 0.2) is 11.8 Å². The summed E-state index contributed by atoms with van der Waals surface area (Å²) >= 11 is 0. The van der Waals surface area contributed by atoms with Crippen LogP contribution in [0.25, 0.3) is 43.6 Å². The van der Waals surface area contributed by atoms with Crippen LogP contribution in [-0.4, -0.2) is 59.9 Å². The van der Waals surface area contributed by atoms with Crippen LogP contribution in [0.3, 0.4) is 0 Å². The number of methoxy groups -OCH3 is 1. The highest BCUT2D eigenvalue weighted by Gasteiger charge is 2.57. The Hall–Kier alpha value is -3.39. The average molecular weight is 496 g/mol. The summed E-state index contributed by atoms with van der Waals surface area (Å²) < 4.78 is 19.1. The number of benzene rings is 3. The number of hydrogen-bond acceptors (Lipinski definition) is 3. The van der Waals surface area contributed by atoms with Gasteiger partial charge < -0.3 is 28.4 Å². The molecule has 2 bridgehead atoms. The molecule has 0 radical (unpaired) electrons. The molecule has 7 heteroatoms. The minimum absolute atomic E-state index is 0.00925. The maximum absolute atomic E-state index is 13.4. The van der Waals surface area contributed by atoms with Crippen molar-refractivity contribution in [1.82, 2.24) is 14.5 Å². The quantitative estimate of drug-likeness (QED) is 0.357. The first-order chi connectivity index (χ1) is 17.8. The molecule has 1 saturated heterocycles. The molecule has 37 heavy (non-hydrogen) atoms. The van der Waals surface area contributed by atoms with E-state index in [-0.39, 0.29) is 24.3 Å². The van der Waals surface area contributed by atoms with Gasteiger partial charge in [0.25, 0.3) is 5.91 Å². The molecule has 0 saturated carbocycles. The number of amides is 1. The number of nitrogens with one attached hydrogen (secondary N) is 1. The van der Waals surface area contributed by atoms with Gasteiger partial charge in [-0.15, -0.1) is 0 Å². The second kappa shape index (κ2) is 6.72. The highest BCUT2D eigenvalue weighted by atomic mass is 16.6. The van der Waals surface area contributed by atoms with E-state index in [1.54, 1.807) is 0 Å². The topological polar surface area (TPSA) is 57.4 Å². The van der Waals surface area contributed by atoms with Crippen LogP contribution >= 0.6 is 0 Å². The summed E-state index contributed by atoms with van der Waals surface area (Å²) in [6, 6.07) is 17.2. The first kappa shape index (κ1) is 21.7. The van der Waals surface area contributed by atoms with Gasteiger partial charge in [-0.3, -0.25) is 4.79 Å². The molecule has 0 spiro atoms. The van der Waals surface area contributed by atoms with E-state index < -0.39 is 5.72 Å². The van der Waals surface area contributed by atoms with Crippen molar-refractivity contribution in [1.29, 1.82) is 0 Å². The van der Waals surface area contributed by atoms with Crippen LogP contribution in [0, 0.1) is 0 Å². The molecule has 3 aliphatic rings. The fourth-order valence-corrected chi connectivity index (χ4v) is 7.75. The molecular formula is C30H31N4O3+. The van der Waals surface area contributed by atoms with E-state index in [0.717, 1.165) is 65.6 Å². The number of quaternary nitrogens is 1. The first-order valence-corrected chi connectivity index (χ1v) is 13.1. The number of carbonyl (C=O) groups is 1. The molecule has 8 rings (SSSR count). The molecule has 2 aromatic heterocycles. The summed E-state index contributed by atoms with van der Waals surface area (Å²) in [4.78, 5) is 13.4. The van der Waals surface area contributed by atoms with Gasteiger partial charge in [-0.05, 0) is 24.6 Å². The lowest BCUT2D eigenvalue weighted by Crippen LogP contribution is -2.64. The van der Waals surface area contributed by atoms with Crippen LogP contribution in [-0.2, 0) is 21.7 Å². The molecule has 3 aliphatic heterocycles. The summed E-state index contributed by atoms with van der Waals surface area (Å²) in [5, 5.41) is 7.58. The van der Waals surface area contributed by atoms with E-state index in [0.29, 0.717) is 6.54 Å².